The van der Waals surface area contributed by atoms with Crippen molar-refractivity contribution < 1.29 is 4.79 Å². The second-order valence-corrected chi connectivity index (χ2v) is 6.27. The van der Waals surface area contributed by atoms with Gasteiger partial charge in [-0.05, 0) is 37.6 Å². The molecule has 1 heterocycles. The molecular weight excluding hydrogens is 306 g/mol. The van der Waals surface area contributed by atoms with Crippen LogP contribution in [-0.2, 0) is 0 Å². The third kappa shape index (κ3) is 3.73. The Bertz CT molecular complexity index is 556. The number of nitrogens with zero attached hydrogens (tertiary/aromatic N) is 2. The zero-order valence-electron chi connectivity index (χ0n) is 12.3. The van der Waals surface area contributed by atoms with E-state index >= 15 is 0 Å². The lowest BCUT2D eigenvalue weighted by Crippen LogP contribution is -2.54. The van der Waals surface area contributed by atoms with Gasteiger partial charge in [0.2, 0.25) is 0 Å². The minimum atomic E-state index is 0.0618. The highest BCUT2D eigenvalue weighted by atomic mass is 35.5. The quantitative estimate of drug-likeness (QED) is 0.864. The van der Waals surface area contributed by atoms with Gasteiger partial charge in [-0.25, -0.2) is 0 Å². The van der Waals surface area contributed by atoms with Gasteiger partial charge >= 0.3 is 0 Å². The largest absolute Gasteiger partial charge is 0.392 e. The van der Waals surface area contributed by atoms with Gasteiger partial charge in [0.25, 0.3) is 5.91 Å². The molecule has 6 heteroatoms. The van der Waals surface area contributed by atoms with E-state index in [0.717, 1.165) is 24.2 Å². The van der Waals surface area contributed by atoms with Crippen molar-refractivity contribution in [3.63, 3.8) is 0 Å². The number of halogens is 1. The molecule has 1 amide bonds. The summed E-state index contributed by atoms with van der Waals surface area (Å²) < 4.78 is 0. The van der Waals surface area contributed by atoms with E-state index in [1.165, 1.54) is 0 Å². The topological polar surface area (TPSA) is 49.6 Å². The summed E-state index contributed by atoms with van der Waals surface area (Å²) in [6.45, 7) is 6.86. The smallest absolute Gasteiger partial charge is 0.254 e. The Morgan fingerprint density at radius 3 is 2.48 bits per heavy atom. The number of carbonyl (C=O) groups excluding carboxylic acids is 1. The van der Waals surface area contributed by atoms with Crippen LogP contribution < -0.4 is 5.73 Å². The third-order valence-corrected chi connectivity index (χ3v) is 4.56. The van der Waals surface area contributed by atoms with Crippen LogP contribution in [0.2, 0.25) is 5.02 Å². The number of hydrogen-bond acceptors (Lipinski definition) is 3. The van der Waals surface area contributed by atoms with E-state index in [0.29, 0.717) is 23.1 Å². The lowest BCUT2D eigenvalue weighted by Gasteiger charge is -2.37. The number of rotatable bonds is 3. The van der Waals surface area contributed by atoms with E-state index < -0.39 is 0 Å². The number of hydrogen-bond donors (Lipinski definition) is 1. The van der Waals surface area contributed by atoms with Crippen LogP contribution in [0.4, 0.5) is 0 Å². The number of nitrogens with two attached hydrogens (primary N) is 1. The second-order valence-electron chi connectivity index (χ2n) is 5.37. The highest BCUT2D eigenvalue weighted by Crippen LogP contribution is 2.18. The summed E-state index contributed by atoms with van der Waals surface area (Å²) in [4.78, 5) is 17.1. The average molecular weight is 326 g/mol. The molecule has 0 aliphatic carbocycles. The van der Waals surface area contributed by atoms with Crippen LogP contribution >= 0.6 is 23.8 Å². The van der Waals surface area contributed by atoms with Crippen LogP contribution in [0.5, 0.6) is 0 Å². The first-order chi connectivity index (χ1) is 9.90. The maximum Gasteiger partial charge on any atom is 0.254 e. The predicted octanol–water partition coefficient (Wildman–Crippen LogP) is 2.08. The van der Waals surface area contributed by atoms with Crippen molar-refractivity contribution in [1.29, 1.82) is 0 Å². The summed E-state index contributed by atoms with van der Waals surface area (Å²) in [6.07, 6.45) is 0. The van der Waals surface area contributed by atoms with Gasteiger partial charge in [-0.1, -0.05) is 23.8 Å². The monoisotopic (exact) mass is 325 g/mol. The summed E-state index contributed by atoms with van der Waals surface area (Å²) in [7, 11) is 0. The minimum absolute atomic E-state index is 0.0618. The van der Waals surface area contributed by atoms with Crippen molar-refractivity contribution >= 4 is 34.7 Å². The summed E-state index contributed by atoms with van der Waals surface area (Å²) in [5, 5.41) is 0.652. The van der Waals surface area contributed by atoms with Gasteiger partial charge < -0.3 is 10.6 Å². The summed E-state index contributed by atoms with van der Waals surface area (Å²) in [6, 6.07) is 5.45. The maximum atomic E-state index is 12.6. The molecule has 0 saturated carbocycles. The lowest BCUT2D eigenvalue weighted by molar-refractivity contribution is 0.0621. The fourth-order valence-corrected chi connectivity index (χ4v) is 2.91. The molecule has 1 aromatic carbocycles. The Balaban J connectivity index is 2.02. The van der Waals surface area contributed by atoms with Gasteiger partial charge in [0, 0.05) is 36.8 Å². The standard InChI is InChI=1S/C15H20ClN3OS/c1-10-9-12(16)3-4-13(10)15(20)19-7-5-18(6-8-19)11(2)14(17)21/h3-4,9,11H,5-8H2,1-2H3,(H2,17,21). The van der Waals surface area contributed by atoms with Crippen molar-refractivity contribution in [3.8, 4) is 0 Å². The molecule has 1 aliphatic rings. The molecule has 114 valence electrons. The van der Waals surface area contributed by atoms with Gasteiger partial charge in [-0.2, -0.15) is 0 Å². The Labute approximate surface area is 135 Å². The number of aryl methyl sites for hydroxylation is 1. The minimum Gasteiger partial charge on any atom is -0.392 e. The van der Waals surface area contributed by atoms with Gasteiger partial charge in [0.05, 0.1) is 11.0 Å². The van der Waals surface area contributed by atoms with Crippen molar-refractivity contribution in [2.45, 2.75) is 19.9 Å². The second kappa shape index (κ2) is 6.73. The maximum absolute atomic E-state index is 12.6. The molecule has 2 rings (SSSR count). The number of piperazine rings is 1. The lowest BCUT2D eigenvalue weighted by atomic mass is 10.1. The van der Waals surface area contributed by atoms with Crippen LogP contribution in [0.25, 0.3) is 0 Å². The number of amides is 1. The van der Waals surface area contributed by atoms with Crippen molar-refractivity contribution in [3.05, 3.63) is 34.3 Å². The molecule has 0 spiro atoms. The molecule has 2 N–H and O–H groups in total. The highest BCUT2D eigenvalue weighted by Gasteiger charge is 2.26. The van der Waals surface area contributed by atoms with E-state index in [9.17, 15) is 4.79 Å². The molecule has 1 aliphatic heterocycles. The fraction of sp³-hybridized carbons (Fsp3) is 0.467. The Morgan fingerprint density at radius 2 is 1.95 bits per heavy atom. The normalized spacial score (nSPS) is 17.6. The Kier molecular flexibility index (Phi) is 5.19. The first-order valence-electron chi connectivity index (χ1n) is 6.99. The van der Waals surface area contributed by atoms with Crippen LogP contribution in [0.1, 0.15) is 22.8 Å². The third-order valence-electron chi connectivity index (χ3n) is 3.98. The summed E-state index contributed by atoms with van der Waals surface area (Å²) >= 11 is 11.0. The van der Waals surface area contributed by atoms with E-state index in [4.69, 9.17) is 29.6 Å². The summed E-state index contributed by atoms with van der Waals surface area (Å²) in [5.74, 6) is 0.0618. The molecule has 1 unspecified atom stereocenters. The first-order valence-corrected chi connectivity index (χ1v) is 7.77. The molecule has 0 radical (unpaired) electrons. The molecule has 21 heavy (non-hydrogen) atoms. The SMILES string of the molecule is Cc1cc(Cl)ccc1C(=O)N1CCN(C(C)C(N)=S)CC1. The van der Waals surface area contributed by atoms with Crippen LogP contribution in [0.15, 0.2) is 18.2 Å². The average Bonchev–Trinajstić information content (AvgIpc) is 2.46. The number of carbonyl (C=O) groups is 1. The van der Waals surface area contributed by atoms with Crippen molar-refractivity contribution in [1.82, 2.24) is 9.80 Å². The number of benzene rings is 1. The van der Waals surface area contributed by atoms with E-state index in [1.54, 1.807) is 12.1 Å². The molecule has 0 bridgehead atoms. The van der Waals surface area contributed by atoms with Gasteiger partial charge in [0.1, 0.15) is 0 Å². The van der Waals surface area contributed by atoms with E-state index in [-0.39, 0.29) is 11.9 Å². The van der Waals surface area contributed by atoms with E-state index in [2.05, 4.69) is 4.90 Å². The van der Waals surface area contributed by atoms with E-state index in [1.807, 2.05) is 24.8 Å². The van der Waals surface area contributed by atoms with Crippen LogP contribution in [0.3, 0.4) is 0 Å². The Morgan fingerprint density at radius 1 is 1.33 bits per heavy atom. The molecular formula is C15H20ClN3OS. The zero-order valence-corrected chi connectivity index (χ0v) is 13.9. The highest BCUT2D eigenvalue weighted by molar-refractivity contribution is 7.80. The zero-order chi connectivity index (χ0) is 15.6. The van der Waals surface area contributed by atoms with Crippen LogP contribution in [-0.4, -0.2) is 52.9 Å². The summed E-state index contributed by atoms with van der Waals surface area (Å²) in [5.41, 5.74) is 7.31. The Hall–Kier alpha value is -1.17. The van der Waals surface area contributed by atoms with Gasteiger partial charge in [-0.15, -0.1) is 0 Å². The molecule has 1 saturated heterocycles. The molecule has 1 aromatic rings. The number of thiocarbonyl (C=S) groups is 1. The van der Waals surface area contributed by atoms with Gasteiger partial charge in [0.15, 0.2) is 0 Å². The first kappa shape index (κ1) is 16.2. The fourth-order valence-electron chi connectivity index (χ4n) is 2.53. The van der Waals surface area contributed by atoms with Crippen LogP contribution in [0, 0.1) is 6.92 Å². The molecule has 4 nitrogen and oxygen atoms in total. The predicted molar refractivity (Wildman–Crippen MR) is 89.9 cm³/mol. The van der Waals surface area contributed by atoms with Gasteiger partial charge in [-0.3, -0.25) is 9.69 Å². The van der Waals surface area contributed by atoms with Crippen molar-refractivity contribution in [2.24, 2.45) is 5.73 Å². The molecule has 1 fully saturated rings. The molecule has 0 aromatic heterocycles. The van der Waals surface area contributed by atoms with Crippen molar-refractivity contribution in [2.75, 3.05) is 26.2 Å². The molecule has 1 atom stereocenters.